The number of aromatic nitrogens is 2. The van der Waals surface area contributed by atoms with Crippen LogP contribution in [0.1, 0.15) is 12.5 Å². The van der Waals surface area contributed by atoms with Crippen molar-refractivity contribution in [3.8, 4) is 11.1 Å². The molecule has 0 aliphatic carbocycles. The smallest absolute Gasteiger partial charge is 0.0568 e. The van der Waals surface area contributed by atoms with Gasteiger partial charge in [-0.2, -0.15) is 5.10 Å². The fraction of sp³-hybridized carbons (Fsp3) is 0.250. The van der Waals surface area contributed by atoms with Crippen LogP contribution in [0.15, 0.2) is 30.6 Å². The van der Waals surface area contributed by atoms with Gasteiger partial charge in [0.2, 0.25) is 0 Å². The molecule has 0 saturated heterocycles. The highest BCUT2D eigenvalue weighted by molar-refractivity contribution is 6.30. The molecule has 0 amide bonds. The minimum Gasteiger partial charge on any atom is -0.326 e. The maximum absolute atomic E-state index is 5.94. The summed E-state index contributed by atoms with van der Waals surface area (Å²) in [6, 6.07) is 5.76. The SMILES string of the molecule is CCn1cc(-c2ccc(Cl)cc2CN)cn1. The lowest BCUT2D eigenvalue weighted by Crippen LogP contribution is -1.98. The van der Waals surface area contributed by atoms with Gasteiger partial charge >= 0.3 is 0 Å². The number of aryl methyl sites for hydroxylation is 1. The first-order valence-electron chi connectivity index (χ1n) is 5.26. The van der Waals surface area contributed by atoms with Crippen molar-refractivity contribution in [2.24, 2.45) is 5.73 Å². The van der Waals surface area contributed by atoms with Gasteiger partial charge in [-0.3, -0.25) is 4.68 Å². The first kappa shape index (κ1) is 11.2. The van der Waals surface area contributed by atoms with E-state index in [1.54, 1.807) is 0 Å². The van der Waals surface area contributed by atoms with Gasteiger partial charge in [-0.05, 0) is 30.2 Å². The van der Waals surface area contributed by atoms with Crippen LogP contribution >= 0.6 is 11.6 Å². The summed E-state index contributed by atoms with van der Waals surface area (Å²) in [6.45, 7) is 3.40. The van der Waals surface area contributed by atoms with Gasteiger partial charge in [-0.25, -0.2) is 0 Å². The standard InChI is InChI=1S/C12H14ClN3/c1-2-16-8-10(7-15-16)12-4-3-11(13)5-9(12)6-14/h3-5,7-8H,2,6,14H2,1H3. The molecule has 2 N–H and O–H groups in total. The number of hydrogen-bond acceptors (Lipinski definition) is 2. The predicted octanol–water partition coefficient (Wildman–Crippen LogP) is 2.68. The zero-order valence-corrected chi connectivity index (χ0v) is 9.91. The van der Waals surface area contributed by atoms with Crippen LogP contribution in [0.3, 0.4) is 0 Å². The predicted molar refractivity (Wildman–Crippen MR) is 66.2 cm³/mol. The molecule has 0 spiro atoms. The first-order valence-corrected chi connectivity index (χ1v) is 5.63. The van der Waals surface area contributed by atoms with Crippen molar-refractivity contribution in [1.29, 1.82) is 0 Å². The quantitative estimate of drug-likeness (QED) is 0.889. The van der Waals surface area contributed by atoms with E-state index in [-0.39, 0.29) is 0 Å². The van der Waals surface area contributed by atoms with Crippen LogP contribution in [0, 0.1) is 0 Å². The lowest BCUT2D eigenvalue weighted by atomic mass is 10.0. The molecule has 0 bridgehead atoms. The summed E-state index contributed by atoms with van der Waals surface area (Å²) in [6.07, 6.45) is 3.87. The van der Waals surface area contributed by atoms with E-state index in [9.17, 15) is 0 Å². The lowest BCUT2D eigenvalue weighted by molar-refractivity contribution is 0.660. The van der Waals surface area contributed by atoms with Gasteiger partial charge < -0.3 is 5.73 Å². The molecule has 0 fully saturated rings. The number of hydrogen-bond donors (Lipinski definition) is 1. The van der Waals surface area contributed by atoms with Crippen molar-refractivity contribution >= 4 is 11.6 Å². The van der Waals surface area contributed by atoms with Gasteiger partial charge in [0.1, 0.15) is 0 Å². The number of rotatable bonds is 3. The molecule has 1 heterocycles. The fourth-order valence-electron chi connectivity index (χ4n) is 1.69. The summed E-state index contributed by atoms with van der Waals surface area (Å²) in [5.41, 5.74) is 8.94. The van der Waals surface area contributed by atoms with E-state index in [0.717, 1.165) is 23.2 Å². The lowest BCUT2D eigenvalue weighted by Gasteiger charge is -2.05. The van der Waals surface area contributed by atoms with Gasteiger partial charge in [-0.15, -0.1) is 0 Å². The highest BCUT2D eigenvalue weighted by atomic mass is 35.5. The minimum absolute atomic E-state index is 0.479. The Kier molecular flexibility index (Phi) is 3.27. The van der Waals surface area contributed by atoms with Crippen LogP contribution in [0.25, 0.3) is 11.1 Å². The first-order chi connectivity index (χ1) is 7.74. The van der Waals surface area contributed by atoms with Crippen LogP contribution in [0.5, 0.6) is 0 Å². The zero-order chi connectivity index (χ0) is 11.5. The molecule has 1 aromatic heterocycles. The second kappa shape index (κ2) is 4.68. The van der Waals surface area contributed by atoms with Crippen LogP contribution in [0.4, 0.5) is 0 Å². The number of halogens is 1. The summed E-state index contributed by atoms with van der Waals surface area (Å²) in [5.74, 6) is 0. The fourth-order valence-corrected chi connectivity index (χ4v) is 1.88. The molecular formula is C12H14ClN3. The molecule has 1 aromatic carbocycles. The van der Waals surface area contributed by atoms with Gasteiger partial charge in [0.25, 0.3) is 0 Å². The third-order valence-electron chi connectivity index (χ3n) is 2.56. The minimum atomic E-state index is 0.479. The number of nitrogens with zero attached hydrogens (tertiary/aromatic N) is 2. The molecule has 0 unspecified atom stereocenters. The summed E-state index contributed by atoms with van der Waals surface area (Å²) >= 11 is 5.94. The van der Waals surface area contributed by atoms with E-state index in [2.05, 4.69) is 12.0 Å². The molecule has 16 heavy (non-hydrogen) atoms. The normalized spacial score (nSPS) is 10.7. The van der Waals surface area contributed by atoms with Crippen molar-refractivity contribution in [2.45, 2.75) is 20.0 Å². The van der Waals surface area contributed by atoms with Gasteiger partial charge in [0, 0.05) is 29.9 Å². The molecule has 2 rings (SSSR count). The van der Waals surface area contributed by atoms with Crippen LogP contribution in [0.2, 0.25) is 5.02 Å². The second-order valence-corrected chi connectivity index (χ2v) is 4.03. The average molecular weight is 236 g/mol. The monoisotopic (exact) mass is 235 g/mol. The highest BCUT2D eigenvalue weighted by Gasteiger charge is 2.06. The van der Waals surface area contributed by atoms with Gasteiger partial charge in [0.05, 0.1) is 6.20 Å². The Morgan fingerprint density at radius 3 is 2.88 bits per heavy atom. The Morgan fingerprint density at radius 2 is 2.25 bits per heavy atom. The Morgan fingerprint density at radius 1 is 1.44 bits per heavy atom. The highest BCUT2D eigenvalue weighted by Crippen LogP contribution is 2.25. The third-order valence-corrected chi connectivity index (χ3v) is 2.79. The molecule has 0 saturated carbocycles. The Balaban J connectivity index is 2.46. The molecule has 0 atom stereocenters. The topological polar surface area (TPSA) is 43.8 Å². The summed E-state index contributed by atoms with van der Waals surface area (Å²) in [7, 11) is 0. The van der Waals surface area contributed by atoms with Crippen molar-refractivity contribution < 1.29 is 0 Å². The second-order valence-electron chi connectivity index (χ2n) is 3.59. The molecular weight excluding hydrogens is 222 g/mol. The summed E-state index contributed by atoms with van der Waals surface area (Å²) in [5, 5.41) is 4.97. The molecule has 0 radical (unpaired) electrons. The van der Waals surface area contributed by atoms with E-state index in [4.69, 9.17) is 17.3 Å². The van der Waals surface area contributed by atoms with Gasteiger partial charge in [-0.1, -0.05) is 17.7 Å². The van der Waals surface area contributed by atoms with E-state index in [0.29, 0.717) is 11.6 Å². The third kappa shape index (κ3) is 2.10. The van der Waals surface area contributed by atoms with Crippen LogP contribution in [-0.2, 0) is 13.1 Å². The van der Waals surface area contributed by atoms with Crippen LogP contribution < -0.4 is 5.73 Å². The molecule has 2 aromatic rings. The van der Waals surface area contributed by atoms with Crippen molar-refractivity contribution in [3.05, 3.63) is 41.2 Å². The molecule has 0 aliphatic rings. The van der Waals surface area contributed by atoms with E-state index in [1.165, 1.54) is 0 Å². The molecule has 3 nitrogen and oxygen atoms in total. The average Bonchev–Trinajstić information content (AvgIpc) is 2.77. The largest absolute Gasteiger partial charge is 0.326 e. The van der Waals surface area contributed by atoms with Crippen molar-refractivity contribution in [1.82, 2.24) is 9.78 Å². The Bertz CT molecular complexity index is 491. The Labute approximate surface area is 99.8 Å². The van der Waals surface area contributed by atoms with Crippen molar-refractivity contribution in [3.63, 3.8) is 0 Å². The van der Waals surface area contributed by atoms with Gasteiger partial charge in [0.15, 0.2) is 0 Å². The Hall–Kier alpha value is -1.32. The summed E-state index contributed by atoms with van der Waals surface area (Å²) < 4.78 is 1.89. The maximum Gasteiger partial charge on any atom is 0.0568 e. The molecule has 0 aliphatic heterocycles. The van der Waals surface area contributed by atoms with Crippen LogP contribution in [-0.4, -0.2) is 9.78 Å². The molecule has 4 heteroatoms. The molecule has 84 valence electrons. The van der Waals surface area contributed by atoms with E-state index in [1.807, 2.05) is 35.3 Å². The summed E-state index contributed by atoms with van der Waals surface area (Å²) in [4.78, 5) is 0. The van der Waals surface area contributed by atoms with E-state index < -0.39 is 0 Å². The number of nitrogens with two attached hydrogens (primary N) is 1. The number of benzene rings is 1. The van der Waals surface area contributed by atoms with Crippen molar-refractivity contribution in [2.75, 3.05) is 0 Å². The van der Waals surface area contributed by atoms with E-state index >= 15 is 0 Å². The maximum atomic E-state index is 5.94. The zero-order valence-electron chi connectivity index (χ0n) is 9.15.